The molecule has 1 aromatic carbocycles. The van der Waals surface area contributed by atoms with Crippen LogP contribution >= 0.6 is 11.6 Å². The van der Waals surface area contributed by atoms with Crippen molar-refractivity contribution in [3.8, 4) is 0 Å². The summed E-state index contributed by atoms with van der Waals surface area (Å²) >= 11 is 5.98. The molecule has 0 atom stereocenters. The Hall–Kier alpha value is -2.02. The lowest BCUT2D eigenvalue weighted by Gasteiger charge is -2.08. The van der Waals surface area contributed by atoms with Crippen LogP contribution in [0.1, 0.15) is 27.2 Å². The summed E-state index contributed by atoms with van der Waals surface area (Å²) < 4.78 is 38.7. The average molecular weight is 332 g/mol. The predicted octanol–water partition coefficient (Wildman–Crippen LogP) is 3.33. The van der Waals surface area contributed by atoms with E-state index in [-0.39, 0.29) is 17.3 Å². The molecule has 4 nitrogen and oxygen atoms in total. The first-order valence-corrected chi connectivity index (χ1v) is 6.71. The van der Waals surface area contributed by atoms with Gasteiger partial charge in [0.05, 0.1) is 16.8 Å². The molecule has 0 saturated carbocycles. The van der Waals surface area contributed by atoms with Gasteiger partial charge in [0.15, 0.2) is 0 Å². The van der Waals surface area contributed by atoms with Crippen molar-refractivity contribution in [2.45, 2.75) is 19.6 Å². The molecule has 1 heterocycles. The molecule has 0 saturated heterocycles. The number of aromatic nitrogens is 2. The smallest absolute Gasteiger partial charge is 0.348 e. The Morgan fingerprint density at radius 2 is 1.91 bits per heavy atom. The highest BCUT2D eigenvalue weighted by Gasteiger charge is 2.29. The third kappa shape index (κ3) is 3.41. The van der Waals surface area contributed by atoms with Gasteiger partial charge < -0.3 is 5.32 Å². The lowest BCUT2D eigenvalue weighted by Crippen LogP contribution is -2.23. The van der Waals surface area contributed by atoms with Crippen molar-refractivity contribution in [1.29, 1.82) is 0 Å². The number of halogens is 4. The van der Waals surface area contributed by atoms with E-state index in [2.05, 4.69) is 10.4 Å². The molecule has 2 aromatic rings. The Balaban J connectivity index is 2.05. The Kier molecular flexibility index (Phi) is 4.46. The van der Waals surface area contributed by atoms with Crippen LogP contribution in [-0.2, 0) is 19.8 Å². The summed E-state index contributed by atoms with van der Waals surface area (Å²) in [5.41, 5.74) is 0.571. The van der Waals surface area contributed by atoms with Crippen LogP contribution in [0.15, 0.2) is 24.3 Å². The molecule has 0 radical (unpaired) electrons. The Morgan fingerprint density at radius 3 is 2.36 bits per heavy atom. The summed E-state index contributed by atoms with van der Waals surface area (Å²) in [6, 6.07) is 4.59. The molecular formula is C14H13ClF3N3O. The first-order valence-electron chi connectivity index (χ1n) is 6.33. The lowest BCUT2D eigenvalue weighted by atomic mass is 10.1. The van der Waals surface area contributed by atoms with E-state index in [1.807, 2.05) is 0 Å². The van der Waals surface area contributed by atoms with Crippen LogP contribution < -0.4 is 5.32 Å². The molecule has 0 spiro atoms. The van der Waals surface area contributed by atoms with Crippen LogP contribution in [-0.4, -0.2) is 15.7 Å². The minimum absolute atomic E-state index is 0.0988. The summed E-state index contributed by atoms with van der Waals surface area (Å²) in [6.07, 6.45) is -4.37. The van der Waals surface area contributed by atoms with Crippen molar-refractivity contribution in [2.75, 3.05) is 0 Å². The molecule has 1 amide bonds. The quantitative estimate of drug-likeness (QED) is 0.937. The maximum absolute atomic E-state index is 12.5. The molecule has 8 heteroatoms. The first kappa shape index (κ1) is 16.4. The van der Waals surface area contributed by atoms with Crippen molar-refractivity contribution in [1.82, 2.24) is 15.1 Å². The molecule has 2 rings (SSSR count). The molecule has 22 heavy (non-hydrogen) atoms. The van der Waals surface area contributed by atoms with E-state index in [1.54, 1.807) is 14.0 Å². The highest BCUT2D eigenvalue weighted by Crippen LogP contribution is 2.29. The predicted molar refractivity (Wildman–Crippen MR) is 75.6 cm³/mol. The van der Waals surface area contributed by atoms with Gasteiger partial charge in [-0.3, -0.25) is 9.48 Å². The Labute approximate surface area is 129 Å². The molecule has 0 aliphatic rings. The van der Waals surface area contributed by atoms with Crippen LogP contribution in [0.4, 0.5) is 13.2 Å². The summed E-state index contributed by atoms with van der Waals surface area (Å²) in [6.45, 7) is 1.75. The van der Waals surface area contributed by atoms with Gasteiger partial charge in [0, 0.05) is 13.6 Å². The Bertz CT molecular complexity index is 693. The zero-order chi connectivity index (χ0) is 16.5. The molecule has 0 fully saturated rings. The Morgan fingerprint density at radius 1 is 1.32 bits per heavy atom. The molecule has 0 aliphatic carbocycles. The zero-order valence-electron chi connectivity index (χ0n) is 11.8. The summed E-state index contributed by atoms with van der Waals surface area (Å²) in [5, 5.41) is 6.85. The second-order valence-electron chi connectivity index (χ2n) is 4.75. The van der Waals surface area contributed by atoms with Gasteiger partial charge in [-0.1, -0.05) is 23.7 Å². The van der Waals surface area contributed by atoms with Crippen LogP contribution in [0.3, 0.4) is 0 Å². The fourth-order valence-corrected chi connectivity index (χ4v) is 2.23. The van der Waals surface area contributed by atoms with E-state index in [4.69, 9.17) is 11.6 Å². The maximum Gasteiger partial charge on any atom is 0.416 e. The van der Waals surface area contributed by atoms with Gasteiger partial charge in [-0.05, 0) is 24.6 Å². The third-order valence-corrected chi connectivity index (χ3v) is 3.55. The molecular weight excluding hydrogens is 319 g/mol. The number of aryl methyl sites for hydroxylation is 2. The van der Waals surface area contributed by atoms with E-state index in [9.17, 15) is 18.0 Å². The second kappa shape index (κ2) is 6.00. The largest absolute Gasteiger partial charge is 0.416 e. The molecule has 0 bridgehead atoms. The van der Waals surface area contributed by atoms with E-state index in [1.165, 1.54) is 16.8 Å². The van der Waals surface area contributed by atoms with Crippen LogP contribution in [0.2, 0.25) is 5.15 Å². The van der Waals surface area contributed by atoms with Gasteiger partial charge in [-0.25, -0.2) is 0 Å². The van der Waals surface area contributed by atoms with Gasteiger partial charge in [0.25, 0.3) is 5.91 Å². The SMILES string of the molecule is Cc1nn(C)c(Cl)c1C(=O)NCc1ccc(C(F)(F)F)cc1. The number of carbonyl (C=O) groups excluding carboxylic acids is 1. The van der Waals surface area contributed by atoms with Crippen molar-refractivity contribution in [3.63, 3.8) is 0 Å². The van der Waals surface area contributed by atoms with E-state index in [0.29, 0.717) is 11.3 Å². The topological polar surface area (TPSA) is 46.9 Å². The second-order valence-corrected chi connectivity index (χ2v) is 5.11. The summed E-state index contributed by atoms with van der Waals surface area (Å²) in [4.78, 5) is 12.1. The highest BCUT2D eigenvalue weighted by molar-refractivity contribution is 6.33. The van der Waals surface area contributed by atoms with Gasteiger partial charge in [-0.15, -0.1) is 0 Å². The fraction of sp³-hybridized carbons (Fsp3) is 0.286. The van der Waals surface area contributed by atoms with Crippen LogP contribution in [0.5, 0.6) is 0 Å². The molecule has 118 valence electrons. The number of nitrogens with one attached hydrogen (secondary N) is 1. The summed E-state index contributed by atoms with van der Waals surface area (Å²) in [7, 11) is 1.61. The average Bonchev–Trinajstić information content (AvgIpc) is 2.69. The number of benzene rings is 1. The number of carbonyl (C=O) groups is 1. The minimum Gasteiger partial charge on any atom is -0.348 e. The number of rotatable bonds is 3. The number of alkyl halides is 3. The van der Waals surface area contributed by atoms with Gasteiger partial charge in [-0.2, -0.15) is 18.3 Å². The minimum atomic E-state index is -4.37. The molecule has 1 N–H and O–H groups in total. The third-order valence-electron chi connectivity index (χ3n) is 3.11. The molecule has 1 aromatic heterocycles. The fourth-order valence-electron chi connectivity index (χ4n) is 1.97. The number of hydrogen-bond donors (Lipinski definition) is 1. The van der Waals surface area contributed by atoms with Crippen LogP contribution in [0.25, 0.3) is 0 Å². The number of amides is 1. The van der Waals surface area contributed by atoms with E-state index in [0.717, 1.165) is 12.1 Å². The number of nitrogens with zero attached hydrogens (tertiary/aromatic N) is 2. The molecule has 0 unspecified atom stereocenters. The summed E-state index contributed by atoms with van der Waals surface area (Å²) in [5.74, 6) is -0.421. The standard InChI is InChI=1S/C14H13ClF3N3O/c1-8-11(12(15)21(2)20-8)13(22)19-7-9-3-5-10(6-4-9)14(16,17)18/h3-6H,7H2,1-2H3,(H,19,22). The van der Waals surface area contributed by atoms with Gasteiger partial charge in [0.2, 0.25) is 0 Å². The van der Waals surface area contributed by atoms with E-state index < -0.39 is 17.6 Å². The lowest BCUT2D eigenvalue weighted by molar-refractivity contribution is -0.137. The van der Waals surface area contributed by atoms with Crippen molar-refractivity contribution < 1.29 is 18.0 Å². The van der Waals surface area contributed by atoms with Crippen molar-refractivity contribution in [3.05, 3.63) is 51.8 Å². The van der Waals surface area contributed by atoms with Crippen molar-refractivity contribution >= 4 is 17.5 Å². The van der Waals surface area contributed by atoms with Gasteiger partial charge >= 0.3 is 6.18 Å². The van der Waals surface area contributed by atoms with Crippen LogP contribution in [0, 0.1) is 6.92 Å². The van der Waals surface area contributed by atoms with E-state index >= 15 is 0 Å². The normalized spacial score (nSPS) is 11.5. The first-order chi connectivity index (χ1) is 10.2. The number of hydrogen-bond acceptors (Lipinski definition) is 2. The maximum atomic E-state index is 12.5. The monoisotopic (exact) mass is 331 g/mol. The zero-order valence-corrected chi connectivity index (χ0v) is 12.6. The highest BCUT2D eigenvalue weighted by atomic mass is 35.5. The van der Waals surface area contributed by atoms with Gasteiger partial charge in [0.1, 0.15) is 5.15 Å². The van der Waals surface area contributed by atoms with Crippen molar-refractivity contribution in [2.24, 2.45) is 7.05 Å². The molecule has 0 aliphatic heterocycles.